The molecule has 0 aliphatic rings. The summed E-state index contributed by atoms with van der Waals surface area (Å²) in [7, 11) is 1.80. The van der Waals surface area contributed by atoms with Crippen LogP contribution in [0.1, 0.15) is 41.8 Å². The molecule has 2 N–H and O–H groups in total. The minimum Gasteiger partial charge on any atom is -0.356 e. The first-order valence-electron chi connectivity index (χ1n) is 8.40. The highest BCUT2D eigenvalue weighted by Crippen LogP contribution is 2.22. The molecule has 1 aromatic heterocycles. The Morgan fingerprint density at radius 1 is 1.21 bits per heavy atom. The standard InChI is InChI=1S/C19H28N4S/c1-6-16-11-21-17(24-16)12-22-18(20-5)23-13-19(3,4)15-9-7-14(2)8-10-15/h7-11H,6,12-13H2,1-5H3,(H2,20,22,23). The maximum atomic E-state index is 4.43. The third kappa shape index (κ3) is 5.06. The molecule has 0 spiro atoms. The Bertz CT molecular complexity index is 671. The zero-order valence-corrected chi connectivity index (χ0v) is 16.1. The van der Waals surface area contributed by atoms with Crippen LogP contribution in [0.2, 0.25) is 0 Å². The number of nitrogens with one attached hydrogen (secondary N) is 2. The molecule has 0 bridgehead atoms. The molecule has 0 aliphatic heterocycles. The van der Waals surface area contributed by atoms with Crippen molar-refractivity contribution in [2.75, 3.05) is 13.6 Å². The highest BCUT2D eigenvalue weighted by Gasteiger charge is 2.20. The van der Waals surface area contributed by atoms with Crippen LogP contribution in [-0.2, 0) is 18.4 Å². The molecule has 130 valence electrons. The van der Waals surface area contributed by atoms with Crippen molar-refractivity contribution in [3.63, 3.8) is 0 Å². The molecule has 2 aromatic rings. The minimum absolute atomic E-state index is 0.0296. The lowest BCUT2D eigenvalue weighted by Gasteiger charge is -2.27. The number of guanidine groups is 1. The Hall–Kier alpha value is -1.88. The fourth-order valence-electron chi connectivity index (χ4n) is 2.38. The van der Waals surface area contributed by atoms with Crippen molar-refractivity contribution in [1.82, 2.24) is 15.6 Å². The van der Waals surface area contributed by atoms with Crippen LogP contribution in [0.3, 0.4) is 0 Å². The van der Waals surface area contributed by atoms with Gasteiger partial charge in [-0.25, -0.2) is 4.98 Å². The summed E-state index contributed by atoms with van der Waals surface area (Å²) < 4.78 is 0. The van der Waals surface area contributed by atoms with E-state index in [1.165, 1.54) is 16.0 Å². The highest BCUT2D eigenvalue weighted by molar-refractivity contribution is 7.11. The largest absolute Gasteiger partial charge is 0.356 e. The highest BCUT2D eigenvalue weighted by atomic mass is 32.1. The molecular formula is C19H28N4S. The molecule has 24 heavy (non-hydrogen) atoms. The number of nitrogens with zero attached hydrogens (tertiary/aromatic N) is 2. The van der Waals surface area contributed by atoms with Gasteiger partial charge in [-0.15, -0.1) is 11.3 Å². The van der Waals surface area contributed by atoms with Crippen molar-refractivity contribution in [2.24, 2.45) is 4.99 Å². The number of rotatable bonds is 6. The number of aryl methyl sites for hydroxylation is 2. The summed E-state index contributed by atoms with van der Waals surface area (Å²) >= 11 is 1.75. The van der Waals surface area contributed by atoms with E-state index in [1.54, 1.807) is 18.4 Å². The summed E-state index contributed by atoms with van der Waals surface area (Å²) in [5, 5.41) is 7.86. The van der Waals surface area contributed by atoms with E-state index in [9.17, 15) is 0 Å². The zero-order chi connectivity index (χ0) is 17.6. The van der Waals surface area contributed by atoms with E-state index >= 15 is 0 Å². The maximum Gasteiger partial charge on any atom is 0.191 e. The Morgan fingerprint density at radius 3 is 2.50 bits per heavy atom. The van der Waals surface area contributed by atoms with E-state index in [0.29, 0.717) is 6.54 Å². The quantitative estimate of drug-likeness (QED) is 0.621. The van der Waals surface area contributed by atoms with E-state index in [-0.39, 0.29) is 5.41 Å². The van der Waals surface area contributed by atoms with Gasteiger partial charge in [0.15, 0.2) is 5.96 Å². The summed E-state index contributed by atoms with van der Waals surface area (Å²) in [6.07, 6.45) is 2.99. The van der Waals surface area contributed by atoms with Gasteiger partial charge in [0.2, 0.25) is 0 Å². The molecule has 4 nitrogen and oxygen atoms in total. The van der Waals surface area contributed by atoms with Crippen LogP contribution in [0.25, 0.3) is 0 Å². The molecule has 2 rings (SSSR count). The van der Waals surface area contributed by atoms with Crippen LogP contribution in [0, 0.1) is 6.92 Å². The average Bonchev–Trinajstić information content (AvgIpc) is 3.03. The van der Waals surface area contributed by atoms with Gasteiger partial charge < -0.3 is 10.6 Å². The lowest BCUT2D eigenvalue weighted by atomic mass is 9.84. The van der Waals surface area contributed by atoms with E-state index in [0.717, 1.165) is 23.9 Å². The first kappa shape index (κ1) is 18.5. The second kappa shape index (κ2) is 8.29. The molecule has 0 aliphatic carbocycles. The molecular weight excluding hydrogens is 316 g/mol. The van der Waals surface area contributed by atoms with Crippen molar-refractivity contribution in [3.05, 3.63) is 51.5 Å². The molecule has 0 unspecified atom stereocenters. The smallest absolute Gasteiger partial charge is 0.191 e. The molecule has 1 heterocycles. The van der Waals surface area contributed by atoms with Crippen LogP contribution in [0.5, 0.6) is 0 Å². The Balaban J connectivity index is 1.89. The van der Waals surface area contributed by atoms with Gasteiger partial charge in [-0.3, -0.25) is 4.99 Å². The summed E-state index contributed by atoms with van der Waals surface area (Å²) in [4.78, 5) is 10.1. The summed E-state index contributed by atoms with van der Waals surface area (Å²) in [6, 6.07) is 8.74. The van der Waals surface area contributed by atoms with E-state index in [1.807, 2.05) is 6.20 Å². The second-order valence-corrected chi connectivity index (χ2v) is 7.80. The van der Waals surface area contributed by atoms with Gasteiger partial charge in [-0.1, -0.05) is 50.6 Å². The lowest BCUT2D eigenvalue weighted by molar-refractivity contribution is 0.508. The Kier molecular flexibility index (Phi) is 6.37. The third-order valence-corrected chi connectivity index (χ3v) is 5.25. The number of aliphatic imine (C=N–C) groups is 1. The van der Waals surface area contributed by atoms with Gasteiger partial charge >= 0.3 is 0 Å². The first-order valence-corrected chi connectivity index (χ1v) is 9.21. The van der Waals surface area contributed by atoms with Gasteiger partial charge in [-0.05, 0) is 18.9 Å². The third-order valence-electron chi connectivity index (χ3n) is 4.11. The summed E-state index contributed by atoms with van der Waals surface area (Å²) in [5.41, 5.74) is 2.64. The van der Waals surface area contributed by atoms with Crippen LogP contribution in [-0.4, -0.2) is 24.5 Å². The number of hydrogen-bond donors (Lipinski definition) is 2. The van der Waals surface area contributed by atoms with Crippen molar-refractivity contribution < 1.29 is 0 Å². The van der Waals surface area contributed by atoms with Crippen LogP contribution in [0.15, 0.2) is 35.5 Å². The Labute approximate surface area is 149 Å². The van der Waals surface area contributed by atoms with Crippen molar-refractivity contribution in [3.8, 4) is 0 Å². The molecule has 0 saturated heterocycles. The van der Waals surface area contributed by atoms with Crippen molar-refractivity contribution >= 4 is 17.3 Å². The van der Waals surface area contributed by atoms with Gasteiger partial charge in [-0.2, -0.15) is 0 Å². The maximum absolute atomic E-state index is 4.43. The first-order chi connectivity index (χ1) is 11.4. The van der Waals surface area contributed by atoms with Crippen molar-refractivity contribution in [1.29, 1.82) is 0 Å². The van der Waals surface area contributed by atoms with Crippen LogP contribution < -0.4 is 10.6 Å². The van der Waals surface area contributed by atoms with Gasteiger partial charge in [0.1, 0.15) is 5.01 Å². The molecule has 0 amide bonds. The van der Waals surface area contributed by atoms with E-state index in [2.05, 4.69) is 72.6 Å². The monoisotopic (exact) mass is 344 g/mol. The fourth-order valence-corrected chi connectivity index (χ4v) is 3.19. The minimum atomic E-state index is 0.0296. The summed E-state index contributed by atoms with van der Waals surface area (Å²) in [6.45, 7) is 10.3. The van der Waals surface area contributed by atoms with Gasteiger partial charge in [0, 0.05) is 30.1 Å². The molecule has 0 radical (unpaired) electrons. The number of benzene rings is 1. The van der Waals surface area contributed by atoms with Gasteiger partial charge in [0.05, 0.1) is 6.54 Å². The molecule has 1 aromatic carbocycles. The average molecular weight is 345 g/mol. The SMILES string of the molecule is CCc1cnc(CNC(=NC)NCC(C)(C)c2ccc(C)cc2)s1. The second-order valence-electron chi connectivity index (χ2n) is 6.60. The van der Waals surface area contributed by atoms with Gasteiger partial charge in [0.25, 0.3) is 0 Å². The Morgan fingerprint density at radius 2 is 1.92 bits per heavy atom. The number of thiazole rings is 1. The zero-order valence-electron chi connectivity index (χ0n) is 15.3. The molecule has 0 saturated carbocycles. The fraction of sp³-hybridized carbons (Fsp3) is 0.474. The number of hydrogen-bond acceptors (Lipinski definition) is 3. The molecule has 0 atom stereocenters. The van der Waals surface area contributed by atoms with E-state index in [4.69, 9.17) is 0 Å². The number of aromatic nitrogens is 1. The molecule has 5 heteroatoms. The predicted octanol–water partition coefficient (Wildman–Crippen LogP) is 3.66. The van der Waals surface area contributed by atoms with Crippen LogP contribution >= 0.6 is 11.3 Å². The predicted molar refractivity (Wildman–Crippen MR) is 104 cm³/mol. The van der Waals surface area contributed by atoms with Crippen molar-refractivity contribution in [2.45, 2.75) is 46.1 Å². The van der Waals surface area contributed by atoms with Crippen LogP contribution in [0.4, 0.5) is 0 Å². The van der Waals surface area contributed by atoms with E-state index < -0.39 is 0 Å². The lowest BCUT2D eigenvalue weighted by Crippen LogP contribution is -2.43. The summed E-state index contributed by atoms with van der Waals surface area (Å²) in [5.74, 6) is 0.809. The topological polar surface area (TPSA) is 49.3 Å². The molecule has 0 fully saturated rings. The normalized spacial score (nSPS) is 12.3.